The first-order valence-electron chi connectivity index (χ1n) is 11.2. The van der Waals surface area contributed by atoms with E-state index in [-0.39, 0.29) is 12.0 Å². The second kappa shape index (κ2) is 10.6. The predicted molar refractivity (Wildman–Crippen MR) is 123 cm³/mol. The molecule has 0 spiro atoms. The van der Waals surface area contributed by atoms with Gasteiger partial charge in [0, 0.05) is 26.2 Å². The standard InChI is InChI=1S/C26H31N3O3/c1-19-10-11-20(2)22(13-19)16-29(15-21-7-4-3-5-8-21)17-25-28-24(18-32-25)26(30)27-14-23-9-6-12-31-23/h3-5,7-8,10-11,13,18,23H,6,9,12,14-17H2,1-2H3,(H,27,30). The smallest absolute Gasteiger partial charge is 0.273 e. The highest BCUT2D eigenvalue weighted by molar-refractivity contribution is 5.91. The number of aryl methyl sites for hydroxylation is 2. The van der Waals surface area contributed by atoms with Crippen molar-refractivity contribution in [3.8, 4) is 0 Å². The summed E-state index contributed by atoms with van der Waals surface area (Å²) in [5, 5.41) is 2.90. The highest BCUT2D eigenvalue weighted by atomic mass is 16.5. The molecule has 1 atom stereocenters. The fraction of sp³-hybridized carbons (Fsp3) is 0.385. The van der Waals surface area contributed by atoms with Gasteiger partial charge in [0.15, 0.2) is 5.69 Å². The van der Waals surface area contributed by atoms with Crippen LogP contribution in [0, 0.1) is 13.8 Å². The first kappa shape index (κ1) is 22.2. The zero-order valence-corrected chi connectivity index (χ0v) is 18.8. The summed E-state index contributed by atoms with van der Waals surface area (Å²) >= 11 is 0. The second-order valence-corrected chi connectivity index (χ2v) is 8.53. The van der Waals surface area contributed by atoms with Crippen LogP contribution in [-0.2, 0) is 24.4 Å². The number of carbonyl (C=O) groups is 1. The van der Waals surface area contributed by atoms with E-state index < -0.39 is 0 Å². The summed E-state index contributed by atoms with van der Waals surface area (Å²) in [6, 6.07) is 16.9. The molecule has 32 heavy (non-hydrogen) atoms. The van der Waals surface area contributed by atoms with E-state index in [0.717, 1.165) is 32.5 Å². The molecule has 1 amide bonds. The number of ether oxygens (including phenoxy) is 1. The summed E-state index contributed by atoms with van der Waals surface area (Å²) in [6.45, 7) is 7.57. The van der Waals surface area contributed by atoms with Crippen LogP contribution >= 0.6 is 0 Å². The Balaban J connectivity index is 1.44. The number of nitrogens with one attached hydrogen (secondary N) is 1. The Morgan fingerprint density at radius 3 is 2.75 bits per heavy atom. The van der Waals surface area contributed by atoms with Crippen LogP contribution in [0.25, 0.3) is 0 Å². The van der Waals surface area contributed by atoms with Gasteiger partial charge < -0.3 is 14.5 Å². The number of rotatable bonds is 9. The molecule has 6 nitrogen and oxygen atoms in total. The Labute approximate surface area is 189 Å². The molecule has 0 bridgehead atoms. The first-order chi connectivity index (χ1) is 15.6. The van der Waals surface area contributed by atoms with Crippen molar-refractivity contribution >= 4 is 5.91 Å². The van der Waals surface area contributed by atoms with Crippen molar-refractivity contribution in [3.63, 3.8) is 0 Å². The molecule has 2 aromatic carbocycles. The van der Waals surface area contributed by atoms with Crippen molar-refractivity contribution in [2.45, 2.75) is 52.4 Å². The third-order valence-electron chi connectivity index (χ3n) is 5.81. The van der Waals surface area contributed by atoms with Gasteiger partial charge in [0.25, 0.3) is 5.91 Å². The van der Waals surface area contributed by atoms with Crippen molar-refractivity contribution in [2.75, 3.05) is 13.2 Å². The van der Waals surface area contributed by atoms with E-state index in [1.807, 2.05) is 18.2 Å². The average molecular weight is 434 g/mol. The summed E-state index contributed by atoms with van der Waals surface area (Å²) in [4.78, 5) is 19.2. The monoisotopic (exact) mass is 433 g/mol. The fourth-order valence-corrected chi connectivity index (χ4v) is 4.00. The van der Waals surface area contributed by atoms with E-state index in [9.17, 15) is 4.79 Å². The minimum atomic E-state index is -0.223. The van der Waals surface area contributed by atoms with E-state index in [0.29, 0.717) is 24.7 Å². The number of benzene rings is 2. The van der Waals surface area contributed by atoms with E-state index in [1.165, 1.54) is 28.5 Å². The molecule has 4 rings (SSSR count). The van der Waals surface area contributed by atoms with Gasteiger partial charge in [-0.2, -0.15) is 0 Å². The zero-order chi connectivity index (χ0) is 22.3. The maximum atomic E-state index is 12.5. The minimum Gasteiger partial charge on any atom is -0.447 e. The maximum Gasteiger partial charge on any atom is 0.273 e. The van der Waals surface area contributed by atoms with Gasteiger partial charge in [0.05, 0.1) is 12.6 Å². The molecule has 1 saturated heterocycles. The van der Waals surface area contributed by atoms with Crippen molar-refractivity contribution in [2.24, 2.45) is 0 Å². The predicted octanol–water partition coefficient (Wildman–Crippen LogP) is 4.40. The zero-order valence-electron chi connectivity index (χ0n) is 18.8. The molecule has 0 saturated carbocycles. The molecule has 3 aromatic rings. The number of hydrogen-bond donors (Lipinski definition) is 1. The molecule has 1 aromatic heterocycles. The van der Waals surface area contributed by atoms with Crippen LogP contribution in [0.5, 0.6) is 0 Å². The second-order valence-electron chi connectivity index (χ2n) is 8.53. The van der Waals surface area contributed by atoms with Gasteiger partial charge in [-0.3, -0.25) is 9.69 Å². The van der Waals surface area contributed by atoms with Crippen molar-refractivity contribution in [3.05, 3.63) is 88.6 Å². The van der Waals surface area contributed by atoms with Crippen LogP contribution in [0.2, 0.25) is 0 Å². The Kier molecular flexibility index (Phi) is 7.35. The molecule has 2 heterocycles. The summed E-state index contributed by atoms with van der Waals surface area (Å²) in [5.41, 5.74) is 5.31. The number of nitrogens with zero attached hydrogens (tertiary/aromatic N) is 2. The Morgan fingerprint density at radius 1 is 1.12 bits per heavy atom. The fourth-order valence-electron chi connectivity index (χ4n) is 4.00. The lowest BCUT2D eigenvalue weighted by Gasteiger charge is -2.22. The van der Waals surface area contributed by atoms with Crippen LogP contribution in [0.15, 0.2) is 59.2 Å². The normalized spacial score (nSPS) is 15.9. The summed E-state index contributed by atoms with van der Waals surface area (Å²) in [5.74, 6) is 0.313. The minimum absolute atomic E-state index is 0.101. The van der Waals surface area contributed by atoms with Gasteiger partial charge in [-0.15, -0.1) is 0 Å². The molecule has 168 valence electrons. The summed E-state index contributed by atoms with van der Waals surface area (Å²) in [6.07, 6.45) is 3.58. The molecular formula is C26H31N3O3. The Hall–Kier alpha value is -2.96. The highest BCUT2D eigenvalue weighted by Gasteiger charge is 2.19. The van der Waals surface area contributed by atoms with Crippen molar-refractivity contribution < 1.29 is 13.9 Å². The number of carbonyl (C=O) groups excluding carboxylic acids is 1. The molecule has 6 heteroatoms. The lowest BCUT2D eigenvalue weighted by Crippen LogP contribution is -2.32. The van der Waals surface area contributed by atoms with E-state index >= 15 is 0 Å². The Bertz CT molecular complexity index is 1030. The average Bonchev–Trinajstić information content (AvgIpc) is 3.48. The van der Waals surface area contributed by atoms with Crippen LogP contribution in [-0.4, -0.2) is 35.0 Å². The van der Waals surface area contributed by atoms with Gasteiger partial charge in [0.1, 0.15) is 6.26 Å². The molecule has 1 unspecified atom stereocenters. The quantitative estimate of drug-likeness (QED) is 0.542. The molecule has 1 aliphatic rings. The largest absolute Gasteiger partial charge is 0.447 e. The lowest BCUT2D eigenvalue weighted by molar-refractivity contribution is 0.0853. The SMILES string of the molecule is Cc1ccc(C)c(CN(Cc2ccccc2)Cc2nc(C(=O)NCC3CCCO3)co2)c1. The number of oxazole rings is 1. The van der Waals surface area contributed by atoms with Crippen LogP contribution in [0.3, 0.4) is 0 Å². The van der Waals surface area contributed by atoms with E-state index in [1.54, 1.807) is 0 Å². The van der Waals surface area contributed by atoms with Gasteiger partial charge >= 0.3 is 0 Å². The topological polar surface area (TPSA) is 67.6 Å². The molecular weight excluding hydrogens is 402 g/mol. The van der Waals surface area contributed by atoms with E-state index in [4.69, 9.17) is 9.15 Å². The third-order valence-corrected chi connectivity index (χ3v) is 5.81. The van der Waals surface area contributed by atoms with Gasteiger partial charge in [0.2, 0.25) is 5.89 Å². The molecule has 1 fully saturated rings. The Morgan fingerprint density at radius 2 is 1.97 bits per heavy atom. The lowest BCUT2D eigenvalue weighted by atomic mass is 10.0. The number of aromatic nitrogens is 1. The van der Waals surface area contributed by atoms with E-state index in [2.05, 4.69) is 59.4 Å². The molecule has 0 aliphatic carbocycles. The van der Waals surface area contributed by atoms with Gasteiger partial charge in [-0.05, 0) is 43.4 Å². The van der Waals surface area contributed by atoms with Crippen LogP contribution < -0.4 is 5.32 Å². The van der Waals surface area contributed by atoms with Crippen LogP contribution in [0.1, 0.15) is 51.5 Å². The van der Waals surface area contributed by atoms with Gasteiger partial charge in [-0.1, -0.05) is 54.1 Å². The van der Waals surface area contributed by atoms with Gasteiger partial charge in [-0.25, -0.2) is 4.98 Å². The molecule has 0 radical (unpaired) electrons. The van der Waals surface area contributed by atoms with Crippen molar-refractivity contribution in [1.82, 2.24) is 15.2 Å². The van der Waals surface area contributed by atoms with Crippen LogP contribution in [0.4, 0.5) is 0 Å². The molecule has 1 N–H and O–H groups in total. The molecule has 1 aliphatic heterocycles. The third kappa shape index (κ3) is 6.05. The van der Waals surface area contributed by atoms with Crippen molar-refractivity contribution in [1.29, 1.82) is 0 Å². The summed E-state index contributed by atoms with van der Waals surface area (Å²) in [7, 11) is 0. The number of hydrogen-bond acceptors (Lipinski definition) is 5. The summed E-state index contributed by atoms with van der Waals surface area (Å²) < 4.78 is 11.2. The highest BCUT2D eigenvalue weighted by Crippen LogP contribution is 2.18. The maximum absolute atomic E-state index is 12.5. The number of amides is 1. The first-order valence-corrected chi connectivity index (χ1v) is 11.2.